The van der Waals surface area contributed by atoms with Crippen LogP contribution in [0, 0.1) is 6.92 Å². The van der Waals surface area contributed by atoms with E-state index in [1.54, 1.807) is 19.1 Å². The maximum atomic E-state index is 13.0. The first-order valence-corrected chi connectivity index (χ1v) is 7.51. The van der Waals surface area contributed by atoms with Crippen LogP contribution in [0.5, 0.6) is 0 Å². The van der Waals surface area contributed by atoms with Crippen LogP contribution in [0.25, 0.3) is 0 Å². The fourth-order valence-corrected chi connectivity index (χ4v) is 2.88. The second-order valence-electron chi connectivity index (χ2n) is 5.62. The summed E-state index contributed by atoms with van der Waals surface area (Å²) in [5.74, 6) is -0.0798. The second kappa shape index (κ2) is 6.08. The molecule has 2 amide bonds. The Morgan fingerprint density at radius 1 is 0.957 bits per heavy atom. The number of benzene rings is 2. The number of hydrogen-bond acceptors (Lipinski definition) is 2. The Balaban J connectivity index is 2.10. The minimum Gasteiger partial charge on any atom is -0.327 e. The molecule has 0 bridgehead atoms. The molecule has 2 aromatic carbocycles. The number of ketones is 1. The van der Waals surface area contributed by atoms with Gasteiger partial charge in [-0.1, -0.05) is 54.6 Å². The number of rotatable bonds is 3. The minimum atomic E-state index is -0.447. The molecule has 2 aromatic rings. The maximum absolute atomic E-state index is 13.0. The third-order valence-electron chi connectivity index (χ3n) is 4.05. The number of carbonyl (C=O) groups excluding carboxylic acids is 2. The second-order valence-corrected chi connectivity index (χ2v) is 5.62. The molecule has 3 rings (SSSR count). The number of Topliss-reactive ketones (excluding diaryl/α,β-unsaturated/α-hetero) is 1. The first kappa shape index (κ1) is 15.0. The lowest BCUT2D eigenvalue weighted by Gasteiger charge is -2.29. The van der Waals surface area contributed by atoms with E-state index in [-0.39, 0.29) is 11.8 Å². The Morgan fingerprint density at radius 2 is 1.61 bits per heavy atom. The molecule has 116 valence electrons. The van der Waals surface area contributed by atoms with Gasteiger partial charge in [0.15, 0.2) is 5.78 Å². The van der Waals surface area contributed by atoms with E-state index in [1.807, 2.05) is 49.4 Å². The van der Waals surface area contributed by atoms with Gasteiger partial charge in [0.05, 0.1) is 6.04 Å². The van der Waals surface area contributed by atoms with Crippen molar-refractivity contribution in [3.8, 4) is 0 Å². The van der Waals surface area contributed by atoms with Crippen LogP contribution in [0.3, 0.4) is 0 Å². The van der Waals surface area contributed by atoms with Crippen molar-refractivity contribution in [2.45, 2.75) is 19.9 Å². The molecule has 0 radical (unpaired) electrons. The molecule has 1 atom stereocenters. The largest absolute Gasteiger partial charge is 0.327 e. The molecule has 4 heteroatoms. The van der Waals surface area contributed by atoms with Gasteiger partial charge >= 0.3 is 6.03 Å². The van der Waals surface area contributed by atoms with Crippen molar-refractivity contribution in [3.63, 3.8) is 0 Å². The highest BCUT2D eigenvalue weighted by Gasteiger charge is 2.32. The molecule has 2 N–H and O–H groups in total. The fraction of sp³-hybridized carbons (Fsp3) is 0.158. The normalized spacial score (nSPS) is 17.5. The molecule has 0 saturated heterocycles. The minimum absolute atomic E-state index is 0.0798. The van der Waals surface area contributed by atoms with Crippen LogP contribution in [0.15, 0.2) is 65.9 Å². The first-order valence-electron chi connectivity index (χ1n) is 7.51. The quantitative estimate of drug-likeness (QED) is 0.853. The Hall–Kier alpha value is -2.88. The molecule has 1 heterocycles. The Bertz CT molecular complexity index is 794. The molecule has 0 aromatic heterocycles. The van der Waals surface area contributed by atoms with Crippen LogP contribution in [0.2, 0.25) is 0 Å². The third-order valence-corrected chi connectivity index (χ3v) is 4.05. The van der Waals surface area contributed by atoms with E-state index in [2.05, 4.69) is 10.6 Å². The zero-order valence-corrected chi connectivity index (χ0v) is 13.1. The highest BCUT2D eigenvalue weighted by molar-refractivity contribution is 6.11. The topological polar surface area (TPSA) is 58.2 Å². The smallest absolute Gasteiger partial charge is 0.319 e. The van der Waals surface area contributed by atoms with Crippen molar-refractivity contribution in [1.82, 2.24) is 10.6 Å². The number of nitrogens with one attached hydrogen (secondary N) is 2. The molecule has 1 aliphatic heterocycles. The van der Waals surface area contributed by atoms with Crippen molar-refractivity contribution in [2.75, 3.05) is 0 Å². The Kier molecular flexibility index (Phi) is 3.98. The van der Waals surface area contributed by atoms with E-state index < -0.39 is 6.04 Å². The maximum Gasteiger partial charge on any atom is 0.319 e. The summed E-state index contributed by atoms with van der Waals surface area (Å²) in [7, 11) is 0. The van der Waals surface area contributed by atoms with E-state index in [0.29, 0.717) is 16.8 Å². The summed E-state index contributed by atoms with van der Waals surface area (Å²) in [4.78, 5) is 24.9. The zero-order chi connectivity index (χ0) is 16.4. The van der Waals surface area contributed by atoms with Crippen LogP contribution >= 0.6 is 0 Å². The van der Waals surface area contributed by atoms with Crippen molar-refractivity contribution in [3.05, 3.63) is 82.6 Å². The van der Waals surface area contributed by atoms with Gasteiger partial charge in [-0.2, -0.15) is 0 Å². The van der Waals surface area contributed by atoms with Crippen LogP contribution in [0.4, 0.5) is 4.79 Å². The van der Waals surface area contributed by atoms with Crippen molar-refractivity contribution in [1.29, 1.82) is 0 Å². The van der Waals surface area contributed by atoms with E-state index >= 15 is 0 Å². The first-order chi connectivity index (χ1) is 11.1. The van der Waals surface area contributed by atoms with Crippen LogP contribution in [-0.2, 0) is 0 Å². The molecular formula is C19H18N2O2. The van der Waals surface area contributed by atoms with Gasteiger partial charge in [-0.15, -0.1) is 0 Å². The number of carbonyl (C=O) groups is 2. The molecular weight excluding hydrogens is 288 g/mol. The standard InChI is InChI=1S/C19H18N2O2/c1-12-8-6-7-11-15(12)17-16(13(2)20-19(23)21-17)18(22)14-9-4-3-5-10-14/h3-11,17H,1-2H3,(H2,20,21,23). The van der Waals surface area contributed by atoms with Gasteiger partial charge in [0.25, 0.3) is 0 Å². The van der Waals surface area contributed by atoms with E-state index in [0.717, 1.165) is 11.1 Å². The van der Waals surface area contributed by atoms with Gasteiger partial charge in [0.1, 0.15) is 0 Å². The lowest BCUT2D eigenvalue weighted by atomic mass is 9.88. The summed E-state index contributed by atoms with van der Waals surface area (Å²) in [6, 6.07) is 16.1. The number of hydrogen-bond donors (Lipinski definition) is 2. The lowest BCUT2D eigenvalue weighted by molar-refractivity contribution is 0.102. The van der Waals surface area contributed by atoms with Crippen molar-refractivity contribution in [2.24, 2.45) is 0 Å². The summed E-state index contributed by atoms with van der Waals surface area (Å²) in [5.41, 5.74) is 3.74. The van der Waals surface area contributed by atoms with Gasteiger partial charge in [-0.25, -0.2) is 4.79 Å². The highest BCUT2D eigenvalue weighted by atomic mass is 16.2. The van der Waals surface area contributed by atoms with E-state index in [1.165, 1.54) is 0 Å². The number of amides is 2. The SMILES string of the molecule is CC1=C(C(=O)c2ccccc2)C(c2ccccc2C)NC(=O)N1. The number of urea groups is 1. The summed E-state index contributed by atoms with van der Waals surface area (Å²) in [5, 5.41) is 5.58. The predicted molar refractivity (Wildman–Crippen MR) is 89.1 cm³/mol. The average Bonchev–Trinajstić information content (AvgIpc) is 2.55. The summed E-state index contributed by atoms with van der Waals surface area (Å²) >= 11 is 0. The molecule has 23 heavy (non-hydrogen) atoms. The number of aryl methyl sites for hydroxylation is 1. The van der Waals surface area contributed by atoms with Crippen LogP contribution < -0.4 is 10.6 Å². The monoisotopic (exact) mass is 306 g/mol. The fourth-order valence-electron chi connectivity index (χ4n) is 2.88. The zero-order valence-electron chi connectivity index (χ0n) is 13.1. The molecule has 1 aliphatic rings. The summed E-state index contributed by atoms with van der Waals surface area (Å²) < 4.78 is 0. The van der Waals surface area contributed by atoms with Gasteiger partial charge in [-0.05, 0) is 25.0 Å². The summed E-state index contributed by atoms with van der Waals surface area (Å²) in [6.07, 6.45) is 0. The average molecular weight is 306 g/mol. The summed E-state index contributed by atoms with van der Waals surface area (Å²) in [6.45, 7) is 3.74. The van der Waals surface area contributed by atoms with Gasteiger partial charge < -0.3 is 10.6 Å². The van der Waals surface area contributed by atoms with Gasteiger partial charge in [-0.3, -0.25) is 4.79 Å². The molecule has 0 spiro atoms. The highest BCUT2D eigenvalue weighted by Crippen LogP contribution is 2.30. The lowest BCUT2D eigenvalue weighted by Crippen LogP contribution is -2.45. The van der Waals surface area contributed by atoms with Crippen LogP contribution in [0.1, 0.15) is 34.5 Å². The third kappa shape index (κ3) is 2.88. The van der Waals surface area contributed by atoms with Crippen LogP contribution in [-0.4, -0.2) is 11.8 Å². The Morgan fingerprint density at radius 3 is 2.30 bits per heavy atom. The molecule has 0 aliphatic carbocycles. The number of allylic oxidation sites excluding steroid dienone is 1. The predicted octanol–water partition coefficient (Wildman–Crippen LogP) is 3.51. The van der Waals surface area contributed by atoms with E-state index in [4.69, 9.17) is 0 Å². The van der Waals surface area contributed by atoms with Gasteiger partial charge in [0.2, 0.25) is 0 Å². The Labute approximate surface area is 135 Å². The van der Waals surface area contributed by atoms with Gasteiger partial charge in [0, 0.05) is 16.8 Å². The molecule has 0 fully saturated rings. The van der Waals surface area contributed by atoms with E-state index in [9.17, 15) is 9.59 Å². The van der Waals surface area contributed by atoms with Crippen molar-refractivity contribution >= 4 is 11.8 Å². The molecule has 0 saturated carbocycles. The molecule has 1 unspecified atom stereocenters. The molecule has 4 nitrogen and oxygen atoms in total. The van der Waals surface area contributed by atoms with Crippen molar-refractivity contribution < 1.29 is 9.59 Å².